The van der Waals surface area contributed by atoms with E-state index in [2.05, 4.69) is 21.2 Å². The Morgan fingerprint density at radius 2 is 2.16 bits per heavy atom. The fraction of sp³-hybridized carbons (Fsp3) is 0.385. The SMILES string of the molecule is CC1(C(=O)Nc2cc(Br)cc(C(=O)O)c2)CCCS1. The van der Waals surface area contributed by atoms with Crippen LogP contribution in [-0.4, -0.2) is 27.5 Å². The molecule has 1 aromatic carbocycles. The summed E-state index contributed by atoms with van der Waals surface area (Å²) in [6, 6.07) is 4.67. The number of hydrogen-bond donors (Lipinski definition) is 2. The molecule has 2 rings (SSSR count). The van der Waals surface area contributed by atoms with Crippen molar-refractivity contribution in [2.45, 2.75) is 24.5 Å². The molecule has 1 aliphatic heterocycles. The second-order valence-electron chi connectivity index (χ2n) is 4.67. The fourth-order valence-corrected chi connectivity index (χ4v) is 3.71. The minimum Gasteiger partial charge on any atom is -0.478 e. The number of anilines is 1. The van der Waals surface area contributed by atoms with Gasteiger partial charge in [0, 0.05) is 10.2 Å². The van der Waals surface area contributed by atoms with Crippen molar-refractivity contribution in [2.75, 3.05) is 11.1 Å². The van der Waals surface area contributed by atoms with Crippen LogP contribution >= 0.6 is 27.7 Å². The van der Waals surface area contributed by atoms with Gasteiger partial charge in [-0.05, 0) is 43.7 Å². The van der Waals surface area contributed by atoms with Gasteiger partial charge < -0.3 is 10.4 Å². The third-order valence-electron chi connectivity index (χ3n) is 3.10. The normalized spacial score (nSPS) is 22.2. The number of halogens is 1. The molecular formula is C13H14BrNO3S. The number of rotatable bonds is 3. The monoisotopic (exact) mass is 343 g/mol. The Morgan fingerprint density at radius 3 is 2.74 bits per heavy atom. The molecule has 0 saturated carbocycles. The predicted molar refractivity (Wildman–Crippen MR) is 79.8 cm³/mol. The van der Waals surface area contributed by atoms with Gasteiger partial charge in [-0.15, -0.1) is 11.8 Å². The van der Waals surface area contributed by atoms with Crippen LogP contribution in [0.3, 0.4) is 0 Å². The molecule has 1 aliphatic rings. The summed E-state index contributed by atoms with van der Waals surface area (Å²) in [5, 5.41) is 11.8. The third kappa shape index (κ3) is 3.30. The number of carboxylic acid groups (broad SMARTS) is 1. The van der Waals surface area contributed by atoms with Crippen LogP contribution in [0.25, 0.3) is 0 Å². The third-order valence-corrected chi connectivity index (χ3v) is 5.08. The molecular weight excluding hydrogens is 330 g/mol. The molecule has 1 atom stereocenters. The molecule has 1 saturated heterocycles. The molecule has 0 spiro atoms. The number of hydrogen-bond acceptors (Lipinski definition) is 3. The molecule has 1 aromatic rings. The second-order valence-corrected chi connectivity index (χ2v) is 7.18. The molecule has 1 unspecified atom stereocenters. The Labute approximate surface area is 124 Å². The van der Waals surface area contributed by atoms with Crippen molar-refractivity contribution in [2.24, 2.45) is 0 Å². The lowest BCUT2D eigenvalue weighted by atomic mass is 10.0. The molecule has 0 aromatic heterocycles. The van der Waals surface area contributed by atoms with Crippen LogP contribution in [0.15, 0.2) is 22.7 Å². The number of carbonyl (C=O) groups excluding carboxylic acids is 1. The lowest BCUT2D eigenvalue weighted by Gasteiger charge is -2.21. The summed E-state index contributed by atoms with van der Waals surface area (Å²) in [7, 11) is 0. The summed E-state index contributed by atoms with van der Waals surface area (Å²) in [5.74, 6) is -0.0920. The predicted octanol–water partition coefficient (Wildman–Crippen LogP) is 3.37. The van der Waals surface area contributed by atoms with Crippen LogP contribution in [0, 0.1) is 0 Å². The van der Waals surface area contributed by atoms with Crippen molar-refractivity contribution in [3.8, 4) is 0 Å². The van der Waals surface area contributed by atoms with E-state index < -0.39 is 10.7 Å². The number of thioether (sulfide) groups is 1. The molecule has 4 nitrogen and oxygen atoms in total. The van der Waals surface area contributed by atoms with Crippen LogP contribution < -0.4 is 5.32 Å². The highest BCUT2D eigenvalue weighted by Crippen LogP contribution is 2.38. The van der Waals surface area contributed by atoms with Crippen molar-refractivity contribution < 1.29 is 14.7 Å². The molecule has 0 bridgehead atoms. The van der Waals surface area contributed by atoms with E-state index >= 15 is 0 Å². The summed E-state index contributed by atoms with van der Waals surface area (Å²) in [5.41, 5.74) is 0.652. The van der Waals surface area contributed by atoms with E-state index in [-0.39, 0.29) is 11.5 Å². The quantitative estimate of drug-likeness (QED) is 0.882. The summed E-state index contributed by atoms with van der Waals surface area (Å²) in [6.07, 6.45) is 1.89. The van der Waals surface area contributed by atoms with E-state index in [1.807, 2.05) is 6.92 Å². The van der Waals surface area contributed by atoms with Crippen molar-refractivity contribution >= 4 is 45.3 Å². The molecule has 0 aliphatic carbocycles. The van der Waals surface area contributed by atoms with Gasteiger partial charge in [0.15, 0.2) is 0 Å². The first-order chi connectivity index (χ1) is 8.90. The van der Waals surface area contributed by atoms with Crippen molar-refractivity contribution in [1.29, 1.82) is 0 Å². The Bertz CT molecular complexity index is 527. The summed E-state index contributed by atoms with van der Waals surface area (Å²) in [6.45, 7) is 1.93. The Balaban J connectivity index is 2.19. The zero-order chi connectivity index (χ0) is 14.0. The van der Waals surface area contributed by atoms with E-state index in [0.717, 1.165) is 18.6 Å². The number of carbonyl (C=O) groups is 2. The van der Waals surface area contributed by atoms with E-state index in [1.54, 1.807) is 17.8 Å². The molecule has 2 N–H and O–H groups in total. The topological polar surface area (TPSA) is 66.4 Å². The minimum atomic E-state index is -1.02. The standard InChI is InChI=1S/C13H14BrNO3S/c1-13(3-2-4-19-13)12(18)15-10-6-8(11(16)17)5-9(14)7-10/h5-7H,2-4H2,1H3,(H,15,18)(H,16,17). The average Bonchev–Trinajstić information content (AvgIpc) is 2.76. The van der Waals surface area contributed by atoms with Gasteiger partial charge in [-0.25, -0.2) is 4.79 Å². The lowest BCUT2D eigenvalue weighted by Crippen LogP contribution is -2.34. The van der Waals surface area contributed by atoms with Crippen LogP contribution in [0.1, 0.15) is 30.1 Å². The minimum absolute atomic E-state index is 0.0653. The fourth-order valence-electron chi connectivity index (χ4n) is 2.01. The second kappa shape index (κ2) is 5.54. The van der Waals surface area contributed by atoms with Crippen molar-refractivity contribution in [1.82, 2.24) is 0 Å². The summed E-state index contributed by atoms with van der Waals surface area (Å²) in [4.78, 5) is 23.2. The number of nitrogens with one attached hydrogen (secondary N) is 1. The number of benzene rings is 1. The van der Waals surface area contributed by atoms with E-state index in [4.69, 9.17) is 5.11 Å². The van der Waals surface area contributed by atoms with Gasteiger partial charge in [-0.1, -0.05) is 15.9 Å². The highest BCUT2D eigenvalue weighted by Gasteiger charge is 2.37. The smallest absolute Gasteiger partial charge is 0.335 e. The van der Waals surface area contributed by atoms with E-state index in [0.29, 0.717) is 10.2 Å². The van der Waals surface area contributed by atoms with Crippen LogP contribution in [0.5, 0.6) is 0 Å². The van der Waals surface area contributed by atoms with Gasteiger partial charge in [0.25, 0.3) is 0 Å². The number of carboxylic acids is 1. The first-order valence-electron chi connectivity index (χ1n) is 5.90. The molecule has 1 fully saturated rings. The highest BCUT2D eigenvalue weighted by molar-refractivity contribution is 9.10. The highest BCUT2D eigenvalue weighted by atomic mass is 79.9. The Kier molecular flexibility index (Phi) is 4.20. The molecule has 1 amide bonds. The van der Waals surface area contributed by atoms with Gasteiger partial charge in [-0.3, -0.25) is 4.79 Å². The summed E-state index contributed by atoms with van der Waals surface area (Å²) < 4.78 is 0.220. The van der Waals surface area contributed by atoms with Crippen molar-refractivity contribution in [3.05, 3.63) is 28.2 Å². The van der Waals surface area contributed by atoms with Gasteiger partial charge >= 0.3 is 5.97 Å². The molecule has 0 radical (unpaired) electrons. The van der Waals surface area contributed by atoms with Crippen LogP contribution in [0.2, 0.25) is 0 Å². The molecule has 6 heteroatoms. The number of aromatic carboxylic acids is 1. The van der Waals surface area contributed by atoms with Gasteiger partial charge in [-0.2, -0.15) is 0 Å². The summed E-state index contributed by atoms with van der Waals surface area (Å²) >= 11 is 4.89. The zero-order valence-electron chi connectivity index (χ0n) is 10.4. The van der Waals surface area contributed by atoms with E-state index in [1.165, 1.54) is 12.1 Å². The Morgan fingerprint density at radius 1 is 1.42 bits per heavy atom. The lowest BCUT2D eigenvalue weighted by molar-refractivity contribution is -0.118. The zero-order valence-corrected chi connectivity index (χ0v) is 12.8. The van der Waals surface area contributed by atoms with E-state index in [9.17, 15) is 9.59 Å². The molecule has 1 heterocycles. The maximum atomic E-state index is 12.2. The van der Waals surface area contributed by atoms with Gasteiger partial charge in [0.05, 0.1) is 10.3 Å². The maximum Gasteiger partial charge on any atom is 0.335 e. The van der Waals surface area contributed by atoms with Crippen LogP contribution in [0.4, 0.5) is 5.69 Å². The Hall–Kier alpha value is -1.01. The maximum absolute atomic E-state index is 12.2. The van der Waals surface area contributed by atoms with Gasteiger partial charge in [0.2, 0.25) is 5.91 Å². The van der Waals surface area contributed by atoms with Gasteiger partial charge in [0.1, 0.15) is 0 Å². The first kappa shape index (κ1) is 14.4. The van der Waals surface area contributed by atoms with Crippen LogP contribution in [-0.2, 0) is 4.79 Å². The first-order valence-corrected chi connectivity index (χ1v) is 7.68. The largest absolute Gasteiger partial charge is 0.478 e. The molecule has 102 valence electrons. The van der Waals surface area contributed by atoms with Crippen molar-refractivity contribution in [3.63, 3.8) is 0 Å². The molecule has 19 heavy (non-hydrogen) atoms. The number of amides is 1. The average molecular weight is 344 g/mol.